The van der Waals surface area contributed by atoms with Crippen molar-refractivity contribution in [3.8, 4) is 0 Å². The molecule has 1 amide bonds. The van der Waals surface area contributed by atoms with Gasteiger partial charge in [0, 0.05) is 33.4 Å². The van der Waals surface area contributed by atoms with Gasteiger partial charge in [0.2, 0.25) is 0 Å². The summed E-state index contributed by atoms with van der Waals surface area (Å²) in [4.78, 5) is 15.8. The summed E-state index contributed by atoms with van der Waals surface area (Å²) in [6.45, 7) is 0.604. The van der Waals surface area contributed by atoms with Gasteiger partial charge in [0.05, 0.1) is 12.2 Å². The Labute approximate surface area is 134 Å². The molecule has 6 heteroatoms. The van der Waals surface area contributed by atoms with E-state index in [1.807, 2.05) is 18.2 Å². The summed E-state index contributed by atoms with van der Waals surface area (Å²) in [5.74, 6) is -0.0890. The smallest absolute Gasteiger partial charge is 0.251 e. The number of halogens is 2. The van der Waals surface area contributed by atoms with Gasteiger partial charge in [-0.1, -0.05) is 0 Å². The number of carbonyl (C=O) groups excluding carboxylic acids is 1. The van der Waals surface area contributed by atoms with Gasteiger partial charge < -0.3 is 10.6 Å². The number of nitrogens with one attached hydrogen (secondary N) is 2. The molecule has 0 aliphatic carbocycles. The molecule has 0 atom stereocenters. The number of rotatable bonds is 4. The van der Waals surface area contributed by atoms with Gasteiger partial charge in [-0.15, -0.1) is 0 Å². The molecule has 0 spiro atoms. The molecule has 0 aliphatic rings. The molecule has 2 N–H and O–H groups in total. The average molecular weight is 399 g/mol. The van der Waals surface area contributed by atoms with Gasteiger partial charge >= 0.3 is 0 Å². The number of hydrogen-bond donors (Lipinski definition) is 2. The molecule has 0 saturated carbocycles. The standard InChI is InChI=1S/C14H13Br2N3O/c1-17-14(20)9-2-4-11(5-3-9)18-8-13-12(16)6-10(15)7-19-13/h2-7,18H,8H2,1H3,(H,17,20). The fourth-order valence-electron chi connectivity index (χ4n) is 1.64. The van der Waals surface area contributed by atoms with E-state index in [1.165, 1.54) is 0 Å². The Morgan fingerprint density at radius 3 is 2.55 bits per heavy atom. The highest BCUT2D eigenvalue weighted by molar-refractivity contribution is 9.11. The molecule has 0 fully saturated rings. The number of benzene rings is 1. The highest BCUT2D eigenvalue weighted by Gasteiger charge is 2.04. The first-order chi connectivity index (χ1) is 9.60. The monoisotopic (exact) mass is 397 g/mol. The third kappa shape index (κ3) is 3.80. The van der Waals surface area contributed by atoms with Crippen molar-refractivity contribution < 1.29 is 4.79 Å². The molecule has 4 nitrogen and oxygen atoms in total. The molecule has 0 aliphatic heterocycles. The maximum absolute atomic E-state index is 11.4. The zero-order valence-corrected chi connectivity index (χ0v) is 14.0. The molecule has 20 heavy (non-hydrogen) atoms. The van der Waals surface area contributed by atoms with Gasteiger partial charge in [-0.3, -0.25) is 9.78 Å². The van der Waals surface area contributed by atoms with E-state index in [-0.39, 0.29) is 5.91 Å². The van der Waals surface area contributed by atoms with Gasteiger partial charge in [0.15, 0.2) is 0 Å². The van der Waals surface area contributed by atoms with Crippen molar-refractivity contribution in [1.29, 1.82) is 0 Å². The predicted octanol–water partition coefficient (Wildman–Crippen LogP) is 3.58. The third-order valence-corrected chi connectivity index (χ3v) is 3.84. The minimum atomic E-state index is -0.0890. The van der Waals surface area contributed by atoms with Crippen LogP contribution >= 0.6 is 31.9 Å². The van der Waals surface area contributed by atoms with Crippen LogP contribution in [0.1, 0.15) is 16.1 Å². The van der Waals surface area contributed by atoms with Crippen molar-refractivity contribution >= 4 is 43.5 Å². The van der Waals surface area contributed by atoms with E-state index in [1.54, 1.807) is 25.4 Å². The van der Waals surface area contributed by atoms with Crippen LogP contribution in [0.3, 0.4) is 0 Å². The molecule has 1 aromatic heterocycles. The molecule has 0 bridgehead atoms. The Morgan fingerprint density at radius 2 is 1.95 bits per heavy atom. The molecule has 1 aromatic carbocycles. The van der Waals surface area contributed by atoms with Crippen molar-refractivity contribution in [3.05, 3.63) is 56.7 Å². The zero-order valence-electron chi connectivity index (χ0n) is 10.8. The number of aromatic nitrogens is 1. The maximum Gasteiger partial charge on any atom is 0.251 e. The number of pyridine rings is 1. The summed E-state index contributed by atoms with van der Waals surface area (Å²) in [5.41, 5.74) is 2.50. The van der Waals surface area contributed by atoms with Gasteiger partial charge in [-0.25, -0.2) is 0 Å². The topological polar surface area (TPSA) is 54.0 Å². The number of amides is 1. The molecule has 0 saturated heterocycles. The summed E-state index contributed by atoms with van der Waals surface area (Å²) in [6, 6.07) is 9.27. The average Bonchev–Trinajstić information content (AvgIpc) is 2.46. The number of carbonyl (C=O) groups is 1. The lowest BCUT2D eigenvalue weighted by Gasteiger charge is -2.08. The first-order valence-electron chi connectivity index (χ1n) is 5.96. The SMILES string of the molecule is CNC(=O)c1ccc(NCc2ncc(Br)cc2Br)cc1. The maximum atomic E-state index is 11.4. The normalized spacial score (nSPS) is 10.2. The van der Waals surface area contributed by atoms with E-state index in [2.05, 4.69) is 47.5 Å². The second-order valence-corrected chi connectivity index (χ2v) is 5.86. The molecule has 2 aromatic rings. The Hall–Kier alpha value is -1.40. The number of hydrogen-bond acceptors (Lipinski definition) is 3. The third-order valence-electron chi connectivity index (χ3n) is 2.72. The van der Waals surface area contributed by atoms with E-state index in [9.17, 15) is 4.79 Å². The van der Waals surface area contributed by atoms with Crippen molar-refractivity contribution in [1.82, 2.24) is 10.3 Å². The van der Waals surface area contributed by atoms with Crippen molar-refractivity contribution in [2.45, 2.75) is 6.54 Å². The van der Waals surface area contributed by atoms with Crippen LogP contribution in [0.5, 0.6) is 0 Å². The summed E-state index contributed by atoms with van der Waals surface area (Å²) in [6.07, 6.45) is 1.76. The van der Waals surface area contributed by atoms with Crippen molar-refractivity contribution in [2.75, 3.05) is 12.4 Å². The van der Waals surface area contributed by atoms with Gasteiger partial charge in [-0.2, -0.15) is 0 Å². The lowest BCUT2D eigenvalue weighted by atomic mass is 10.2. The van der Waals surface area contributed by atoms with E-state index in [4.69, 9.17) is 0 Å². The lowest BCUT2D eigenvalue weighted by Crippen LogP contribution is -2.17. The second kappa shape index (κ2) is 6.85. The highest BCUT2D eigenvalue weighted by Crippen LogP contribution is 2.20. The fourth-order valence-corrected chi connectivity index (χ4v) is 2.77. The summed E-state index contributed by atoms with van der Waals surface area (Å²) < 4.78 is 1.88. The van der Waals surface area contributed by atoms with Crippen LogP contribution in [0.4, 0.5) is 5.69 Å². The quantitative estimate of drug-likeness (QED) is 0.827. The molecule has 0 radical (unpaired) electrons. The van der Waals surface area contributed by atoms with Crippen LogP contribution in [0.25, 0.3) is 0 Å². The van der Waals surface area contributed by atoms with E-state index in [0.29, 0.717) is 12.1 Å². The highest BCUT2D eigenvalue weighted by atomic mass is 79.9. The van der Waals surface area contributed by atoms with E-state index < -0.39 is 0 Å². The molecule has 0 unspecified atom stereocenters. The van der Waals surface area contributed by atoms with Crippen LogP contribution in [-0.2, 0) is 6.54 Å². The lowest BCUT2D eigenvalue weighted by molar-refractivity contribution is 0.0963. The Kier molecular flexibility index (Phi) is 5.14. The largest absolute Gasteiger partial charge is 0.379 e. The molecular weight excluding hydrogens is 386 g/mol. The van der Waals surface area contributed by atoms with Gasteiger partial charge in [0.1, 0.15) is 0 Å². The first-order valence-corrected chi connectivity index (χ1v) is 7.54. The Bertz CT molecular complexity index is 614. The van der Waals surface area contributed by atoms with Crippen molar-refractivity contribution in [3.63, 3.8) is 0 Å². The molecule has 1 heterocycles. The first kappa shape index (κ1) is 15.0. The van der Waals surface area contributed by atoms with E-state index >= 15 is 0 Å². The second-order valence-electron chi connectivity index (χ2n) is 4.09. The van der Waals surface area contributed by atoms with Crippen molar-refractivity contribution in [2.24, 2.45) is 0 Å². The van der Waals surface area contributed by atoms with Gasteiger partial charge in [0.25, 0.3) is 5.91 Å². The van der Waals surface area contributed by atoms with Crippen LogP contribution in [0, 0.1) is 0 Å². The minimum absolute atomic E-state index is 0.0890. The molecule has 2 rings (SSSR count). The van der Waals surface area contributed by atoms with Crippen LogP contribution in [0.2, 0.25) is 0 Å². The summed E-state index contributed by atoms with van der Waals surface area (Å²) in [5, 5.41) is 5.86. The summed E-state index contributed by atoms with van der Waals surface area (Å²) in [7, 11) is 1.62. The van der Waals surface area contributed by atoms with Crippen LogP contribution < -0.4 is 10.6 Å². The van der Waals surface area contributed by atoms with Crippen LogP contribution in [-0.4, -0.2) is 17.9 Å². The zero-order chi connectivity index (χ0) is 14.5. The fraction of sp³-hybridized carbons (Fsp3) is 0.143. The molecular formula is C14H13Br2N3O. The number of anilines is 1. The van der Waals surface area contributed by atoms with Gasteiger partial charge in [-0.05, 0) is 62.2 Å². The summed E-state index contributed by atoms with van der Waals surface area (Å²) >= 11 is 6.85. The Morgan fingerprint density at radius 1 is 1.25 bits per heavy atom. The minimum Gasteiger partial charge on any atom is -0.379 e. The van der Waals surface area contributed by atoms with Crippen LogP contribution in [0.15, 0.2) is 45.5 Å². The number of nitrogens with zero attached hydrogens (tertiary/aromatic N) is 1. The van der Waals surface area contributed by atoms with E-state index in [0.717, 1.165) is 20.3 Å². The predicted molar refractivity (Wildman–Crippen MR) is 86.8 cm³/mol. The molecule has 104 valence electrons. The Balaban J connectivity index is 2.02.